The number of hydrogen-bond acceptors (Lipinski definition) is 4. The molecule has 8 aromatic carbocycles. The summed E-state index contributed by atoms with van der Waals surface area (Å²) in [5.41, 5.74) is 9.15. The molecule has 2 heterocycles. The topological polar surface area (TPSA) is 51.8 Å². The Bertz CT molecular complexity index is 2900. The average Bonchev–Trinajstić information content (AvgIpc) is 3.59. The first kappa shape index (κ1) is 29.0. The number of para-hydroxylation sites is 1. The first-order chi connectivity index (χ1) is 25.2. The lowest BCUT2D eigenvalue weighted by atomic mass is 9.94. The van der Waals surface area contributed by atoms with Crippen LogP contribution in [-0.4, -0.2) is 15.0 Å². The van der Waals surface area contributed by atoms with E-state index in [4.69, 9.17) is 19.4 Å². The summed E-state index contributed by atoms with van der Waals surface area (Å²) in [6.45, 7) is 0. The number of benzene rings is 8. The molecule has 10 aromatic rings. The summed E-state index contributed by atoms with van der Waals surface area (Å²) < 4.78 is 6.20. The van der Waals surface area contributed by atoms with E-state index in [1.54, 1.807) is 0 Å². The summed E-state index contributed by atoms with van der Waals surface area (Å²) in [7, 11) is 0. The molecule has 0 fully saturated rings. The van der Waals surface area contributed by atoms with Crippen molar-refractivity contribution in [3.05, 3.63) is 176 Å². The van der Waals surface area contributed by atoms with Crippen molar-refractivity contribution in [3.63, 3.8) is 0 Å². The summed E-state index contributed by atoms with van der Waals surface area (Å²) in [6.07, 6.45) is 0. The molecule has 0 N–H and O–H groups in total. The number of furan rings is 1. The quantitative estimate of drug-likeness (QED) is 0.186. The minimum Gasteiger partial charge on any atom is -0.456 e. The number of nitrogens with zero attached hydrogens (tertiary/aromatic N) is 3. The molecule has 0 aliphatic heterocycles. The molecule has 0 saturated heterocycles. The fourth-order valence-electron chi connectivity index (χ4n) is 7.19. The normalized spacial score (nSPS) is 11.5. The molecule has 0 radical (unpaired) electrons. The number of hydrogen-bond donors (Lipinski definition) is 0. The molecular formula is C47H29N3O. The second kappa shape index (κ2) is 11.9. The van der Waals surface area contributed by atoms with Gasteiger partial charge in [-0.3, -0.25) is 0 Å². The summed E-state index contributed by atoms with van der Waals surface area (Å²) in [4.78, 5) is 15.1. The minimum absolute atomic E-state index is 0.608. The van der Waals surface area contributed by atoms with Crippen molar-refractivity contribution in [3.8, 4) is 56.4 Å². The van der Waals surface area contributed by atoms with Gasteiger partial charge in [-0.15, -0.1) is 0 Å². The zero-order valence-electron chi connectivity index (χ0n) is 27.5. The van der Waals surface area contributed by atoms with E-state index in [0.717, 1.165) is 49.8 Å². The molecule has 10 rings (SSSR count). The van der Waals surface area contributed by atoms with Gasteiger partial charge in [0.25, 0.3) is 0 Å². The molecular weight excluding hydrogens is 623 g/mol. The van der Waals surface area contributed by atoms with E-state index in [1.165, 1.54) is 32.7 Å². The maximum absolute atomic E-state index is 6.20. The largest absolute Gasteiger partial charge is 0.456 e. The Morgan fingerprint density at radius 3 is 1.73 bits per heavy atom. The van der Waals surface area contributed by atoms with E-state index in [9.17, 15) is 0 Å². The fraction of sp³-hybridized carbons (Fsp3) is 0. The van der Waals surface area contributed by atoms with Gasteiger partial charge in [-0.25, -0.2) is 15.0 Å². The van der Waals surface area contributed by atoms with Crippen LogP contribution in [0, 0.1) is 0 Å². The lowest BCUT2D eigenvalue weighted by Crippen LogP contribution is -2.00. The van der Waals surface area contributed by atoms with Crippen LogP contribution in [0.5, 0.6) is 0 Å². The predicted octanol–water partition coefficient (Wildman–Crippen LogP) is 12.4. The van der Waals surface area contributed by atoms with Crippen LogP contribution < -0.4 is 0 Å². The van der Waals surface area contributed by atoms with Crippen molar-refractivity contribution < 1.29 is 4.42 Å². The molecule has 238 valence electrons. The summed E-state index contributed by atoms with van der Waals surface area (Å²) >= 11 is 0. The van der Waals surface area contributed by atoms with Crippen LogP contribution in [0.1, 0.15) is 0 Å². The van der Waals surface area contributed by atoms with E-state index in [-0.39, 0.29) is 0 Å². The van der Waals surface area contributed by atoms with Crippen molar-refractivity contribution in [2.45, 2.75) is 0 Å². The number of aromatic nitrogens is 3. The van der Waals surface area contributed by atoms with Gasteiger partial charge in [-0.1, -0.05) is 152 Å². The van der Waals surface area contributed by atoms with Crippen molar-refractivity contribution in [2.24, 2.45) is 0 Å². The van der Waals surface area contributed by atoms with Crippen molar-refractivity contribution in [1.82, 2.24) is 15.0 Å². The molecule has 0 amide bonds. The molecule has 0 aliphatic rings. The second-order valence-corrected chi connectivity index (χ2v) is 12.8. The molecule has 2 aromatic heterocycles. The highest BCUT2D eigenvalue weighted by atomic mass is 16.3. The summed E-state index contributed by atoms with van der Waals surface area (Å²) in [6, 6.07) is 61.3. The first-order valence-electron chi connectivity index (χ1n) is 17.1. The van der Waals surface area contributed by atoms with Gasteiger partial charge in [0, 0.05) is 27.5 Å². The summed E-state index contributed by atoms with van der Waals surface area (Å²) in [5, 5.41) is 6.97. The predicted molar refractivity (Wildman–Crippen MR) is 209 cm³/mol. The van der Waals surface area contributed by atoms with Gasteiger partial charge < -0.3 is 4.42 Å². The van der Waals surface area contributed by atoms with Crippen molar-refractivity contribution >= 4 is 43.5 Å². The molecule has 0 bridgehead atoms. The lowest BCUT2D eigenvalue weighted by Gasteiger charge is -2.11. The Morgan fingerprint density at radius 1 is 0.314 bits per heavy atom. The lowest BCUT2D eigenvalue weighted by molar-refractivity contribution is 0.669. The monoisotopic (exact) mass is 651 g/mol. The van der Waals surface area contributed by atoms with E-state index in [0.29, 0.717) is 17.5 Å². The third kappa shape index (κ3) is 5.13. The zero-order chi connectivity index (χ0) is 33.7. The highest BCUT2D eigenvalue weighted by molar-refractivity contribution is 6.11. The Hall–Kier alpha value is -6.91. The van der Waals surface area contributed by atoms with Crippen LogP contribution in [-0.2, 0) is 0 Å². The molecule has 4 heteroatoms. The van der Waals surface area contributed by atoms with E-state index in [1.807, 2.05) is 60.7 Å². The molecule has 51 heavy (non-hydrogen) atoms. The van der Waals surface area contributed by atoms with Gasteiger partial charge >= 0.3 is 0 Å². The Labute approximate surface area is 294 Å². The molecule has 0 atom stereocenters. The van der Waals surface area contributed by atoms with E-state index < -0.39 is 0 Å². The molecule has 0 spiro atoms. The highest BCUT2D eigenvalue weighted by Gasteiger charge is 2.18. The van der Waals surface area contributed by atoms with Gasteiger partial charge in [0.15, 0.2) is 17.5 Å². The Morgan fingerprint density at radius 2 is 0.882 bits per heavy atom. The Balaban J connectivity index is 1.05. The first-order valence-corrected chi connectivity index (χ1v) is 17.1. The van der Waals surface area contributed by atoms with Gasteiger partial charge in [0.2, 0.25) is 0 Å². The van der Waals surface area contributed by atoms with Gasteiger partial charge in [-0.05, 0) is 68.1 Å². The smallest absolute Gasteiger partial charge is 0.164 e. The number of rotatable bonds is 5. The summed E-state index contributed by atoms with van der Waals surface area (Å²) in [5.74, 6) is 1.85. The van der Waals surface area contributed by atoms with Gasteiger partial charge in [-0.2, -0.15) is 0 Å². The van der Waals surface area contributed by atoms with Crippen LogP contribution in [0.25, 0.3) is 99.9 Å². The molecule has 0 unspecified atom stereocenters. The van der Waals surface area contributed by atoms with Crippen LogP contribution >= 0.6 is 0 Å². The SMILES string of the molecule is c1ccc(-c2nc(-c3ccc(-c4ccc5ccc(-c6cccc7ccccc67)cc5c4)cc3)nc(-c3cccc4oc5ccccc5c34)n2)cc1. The molecule has 0 aliphatic carbocycles. The second-order valence-electron chi connectivity index (χ2n) is 12.8. The standard InChI is InChI=1S/C47H29N3O/c1-2-11-33(12-3-1)45-48-46(50-47(49-45)41-17-9-19-43-44(41)40-15-6-7-18-42(40)51-43)34-24-20-30(21-25-34)35-26-22-31-23-27-36(29-37(31)28-35)39-16-8-13-32-10-4-5-14-38(32)39/h1-29H. The van der Waals surface area contributed by atoms with Gasteiger partial charge in [0.05, 0.1) is 0 Å². The van der Waals surface area contributed by atoms with Crippen LogP contribution in [0.15, 0.2) is 180 Å². The van der Waals surface area contributed by atoms with E-state index >= 15 is 0 Å². The van der Waals surface area contributed by atoms with Crippen molar-refractivity contribution in [1.29, 1.82) is 0 Å². The van der Waals surface area contributed by atoms with Crippen LogP contribution in [0.2, 0.25) is 0 Å². The van der Waals surface area contributed by atoms with Crippen LogP contribution in [0.3, 0.4) is 0 Å². The Kier molecular flexibility index (Phi) is 6.78. The average molecular weight is 652 g/mol. The molecule has 0 saturated carbocycles. The van der Waals surface area contributed by atoms with E-state index in [2.05, 4.69) is 115 Å². The fourth-order valence-corrected chi connectivity index (χ4v) is 7.19. The zero-order valence-corrected chi connectivity index (χ0v) is 27.5. The molecule has 4 nitrogen and oxygen atoms in total. The van der Waals surface area contributed by atoms with Crippen molar-refractivity contribution in [2.75, 3.05) is 0 Å². The third-order valence-corrected chi connectivity index (χ3v) is 9.73. The maximum atomic E-state index is 6.20. The maximum Gasteiger partial charge on any atom is 0.164 e. The highest BCUT2D eigenvalue weighted by Crippen LogP contribution is 2.37. The minimum atomic E-state index is 0.608. The third-order valence-electron chi connectivity index (χ3n) is 9.73. The van der Waals surface area contributed by atoms with Crippen LogP contribution in [0.4, 0.5) is 0 Å². The number of fused-ring (bicyclic) bond motifs is 5. The van der Waals surface area contributed by atoms with Gasteiger partial charge in [0.1, 0.15) is 11.2 Å².